The molecule has 0 spiro atoms. The number of carbonyl (C=O) groups excluding carboxylic acids is 1. The molecule has 188 valence electrons. The first-order chi connectivity index (χ1) is 17.5. The number of nitrogens with one attached hydrogen (secondary N) is 1. The second-order valence-corrected chi connectivity index (χ2v) is 8.96. The minimum Gasteiger partial charge on any atom is -0.293 e. The summed E-state index contributed by atoms with van der Waals surface area (Å²) < 4.78 is 41.8. The summed E-state index contributed by atoms with van der Waals surface area (Å²) in [4.78, 5) is 18.3. The summed E-state index contributed by atoms with van der Waals surface area (Å²) in [6.45, 7) is 5.38. The van der Waals surface area contributed by atoms with Gasteiger partial charge in [0.15, 0.2) is 0 Å². The van der Waals surface area contributed by atoms with E-state index in [9.17, 15) is 23.2 Å². The van der Waals surface area contributed by atoms with Crippen molar-refractivity contribution in [3.63, 3.8) is 0 Å². The van der Waals surface area contributed by atoms with Crippen LogP contribution in [-0.4, -0.2) is 20.7 Å². The van der Waals surface area contributed by atoms with Crippen LogP contribution in [0.15, 0.2) is 59.8 Å². The minimum atomic E-state index is -4.57. The number of aromatic nitrogens is 3. The van der Waals surface area contributed by atoms with Crippen LogP contribution in [0.1, 0.15) is 49.9 Å². The zero-order chi connectivity index (χ0) is 26.9. The monoisotopic (exact) mass is 505 g/mol. The Morgan fingerprint density at radius 3 is 2.43 bits per heavy atom. The molecule has 4 rings (SSSR count). The highest BCUT2D eigenvalue weighted by atomic mass is 19.4. The number of carbonyl (C=O) groups is 1. The Kier molecular flexibility index (Phi) is 6.73. The average Bonchev–Trinajstić information content (AvgIpc) is 3.24. The van der Waals surface area contributed by atoms with E-state index in [4.69, 9.17) is 5.26 Å². The Balaban J connectivity index is 1.90. The molecule has 1 amide bonds. The Morgan fingerprint density at radius 2 is 1.84 bits per heavy atom. The fraction of sp³-hybridized carbons (Fsp3) is 0.269. The standard InChI is InChI=1S/C26H22F3N7O/c1-15(2)11-22(37)32-24-33-25-35(20-6-4-5-19(12-20)26(27,28)29)16(3)21(14-31)23(36(25)34-24)18-9-7-17(13-30)8-10-18/h4-10,12,15,23H,11H2,1-3H3,(H,32,34,37). The van der Waals surface area contributed by atoms with Gasteiger partial charge in [0.25, 0.3) is 5.95 Å². The number of fused-ring (bicyclic) bond motifs is 1. The molecular weight excluding hydrogens is 483 g/mol. The third kappa shape index (κ3) is 5.02. The first-order valence-electron chi connectivity index (χ1n) is 11.4. The molecule has 1 aromatic heterocycles. The molecule has 11 heteroatoms. The van der Waals surface area contributed by atoms with Crippen LogP contribution >= 0.6 is 0 Å². The Bertz CT molecular complexity index is 1460. The highest BCUT2D eigenvalue weighted by Crippen LogP contribution is 2.43. The van der Waals surface area contributed by atoms with Gasteiger partial charge >= 0.3 is 6.18 Å². The van der Waals surface area contributed by atoms with E-state index in [1.165, 1.54) is 21.7 Å². The number of amides is 1. The summed E-state index contributed by atoms with van der Waals surface area (Å²) >= 11 is 0. The van der Waals surface area contributed by atoms with Crippen molar-refractivity contribution < 1.29 is 18.0 Å². The largest absolute Gasteiger partial charge is 0.416 e. The summed E-state index contributed by atoms with van der Waals surface area (Å²) in [6, 6.07) is 14.7. The van der Waals surface area contributed by atoms with Crippen molar-refractivity contribution in [3.05, 3.63) is 76.5 Å². The van der Waals surface area contributed by atoms with Crippen LogP contribution in [0.2, 0.25) is 0 Å². The molecule has 0 bridgehead atoms. The number of hydrogen-bond donors (Lipinski definition) is 1. The second kappa shape index (κ2) is 9.78. The van der Waals surface area contributed by atoms with E-state index in [2.05, 4.69) is 21.5 Å². The van der Waals surface area contributed by atoms with E-state index in [1.807, 2.05) is 19.9 Å². The molecule has 1 unspecified atom stereocenters. The summed E-state index contributed by atoms with van der Waals surface area (Å²) in [5.41, 5.74) is 0.888. The summed E-state index contributed by atoms with van der Waals surface area (Å²) in [5.74, 6) is -0.142. The van der Waals surface area contributed by atoms with Gasteiger partial charge in [-0.3, -0.25) is 15.0 Å². The van der Waals surface area contributed by atoms with Crippen LogP contribution in [-0.2, 0) is 11.0 Å². The topological polar surface area (TPSA) is 111 Å². The molecule has 1 N–H and O–H groups in total. The van der Waals surface area contributed by atoms with Crippen LogP contribution in [0.25, 0.3) is 0 Å². The molecule has 8 nitrogen and oxygen atoms in total. The molecule has 0 radical (unpaired) electrons. The Morgan fingerprint density at radius 1 is 1.14 bits per heavy atom. The summed E-state index contributed by atoms with van der Waals surface area (Å²) in [7, 11) is 0. The number of nitriles is 2. The van der Waals surface area contributed by atoms with Gasteiger partial charge in [-0.15, -0.1) is 5.10 Å². The van der Waals surface area contributed by atoms with Crippen molar-refractivity contribution in [1.82, 2.24) is 14.8 Å². The van der Waals surface area contributed by atoms with Crippen molar-refractivity contribution >= 4 is 23.5 Å². The molecule has 1 atom stereocenters. The molecule has 0 saturated carbocycles. The molecule has 0 fully saturated rings. The van der Waals surface area contributed by atoms with Crippen LogP contribution in [0.5, 0.6) is 0 Å². The van der Waals surface area contributed by atoms with Crippen molar-refractivity contribution in [2.45, 2.75) is 39.4 Å². The number of alkyl halides is 3. The lowest BCUT2D eigenvalue weighted by Crippen LogP contribution is -2.31. The number of nitrogens with zero attached hydrogens (tertiary/aromatic N) is 6. The van der Waals surface area contributed by atoms with E-state index < -0.39 is 17.8 Å². The Hall–Kier alpha value is -4.64. The Labute approximate surface area is 211 Å². The van der Waals surface area contributed by atoms with Gasteiger partial charge in [-0.05, 0) is 48.7 Å². The third-order valence-corrected chi connectivity index (χ3v) is 5.81. The fourth-order valence-corrected chi connectivity index (χ4v) is 4.15. The molecule has 0 saturated heterocycles. The lowest BCUT2D eigenvalue weighted by molar-refractivity contribution is -0.137. The second-order valence-electron chi connectivity index (χ2n) is 8.96. The maximum Gasteiger partial charge on any atom is 0.416 e. The highest BCUT2D eigenvalue weighted by molar-refractivity contribution is 5.89. The fourth-order valence-electron chi connectivity index (χ4n) is 4.15. The van der Waals surface area contributed by atoms with Crippen molar-refractivity contribution in [2.24, 2.45) is 5.92 Å². The van der Waals surface area contributed by atoms with E-state index in [1.54, 1.807) is 31.2 Å². The van der Waals surface area contributed by atoms with Gasteiger partial charge < -0.3 is 0 Å². The van der Waals surface area contributed by atoms with Gasteiger partial charge in [-0.25, -0.2) is 4.68 Å². The molecular formula is C26H22F3N7O. The molecule has 37 heavy (non-hydrogen) atoms. The predicted octanol–water partition coefficient (Wildman–Crippen LogP) is 5.69. The zero-order valence-corrected chi connectivity index (χ0v) is 20.2. The highest BCUT2D eigenvalue weighted by Gasteiger charge is 2.37. The number of allylic oxidation sites excluding steroid dienone is 2. The van der Waals surface area contributed by atoms with Gasteiger partial charge in [0.05, 0.1) is 28.8 Å². The van der Waals surface area contributed by atoms with Crippen LogP contribution in [0.4, 0.5) is 30.8 Å². The number of benzene rings is 2. The SMILES string of the molecule is CC1=C(C#N)C(c2ccc(C#N)cc2)n2nc(NC(=O)CC(C)C)nc2N1c1cccc(C(F)(F)F)c1. The van der Waals surface area contributed by atoms with E-state index in [0.717, 1.165) is 12.1 Å². The average molecular weight is 506 g/mol. The normalized spacial score (nSPS) is 15.3. The number of rotatable bonds is 5. The first-order valence-corrected chi connectivity index (χ1v) is 11.4. The number of anilines is 3. The lowest BCUT2D eigenvalue weighted by atomic mass is 9.95. The van der Waals surface area contributed by atoms with Gasteiger partial charge in [0, 0.05) is 17.8 Å². The van der Waals surface area contributed by atoms with Gasteiger partial charge in [0.1, 0.15) is 6.04 Å². The van der Waals surface area contributed by atoms with Crippen molar-refractivity contribution in [3.8, 4) is 12.1 Å². The zero-order valence-electron chi connectivity index (χ0n) is 20.2. The number of hydrogen-bond acceptors (Lipinski definition) is 6. The van der Waals surface area contributed by atoms with E-state index >= 15 is 0 Å². The van der Waals surface area contributed by atoms with Crippen LogP contribution in [0, 0.1) is 28.6 Å². The lowest BCUT2D eigenvalue weighted by Gasteiger charge is -2.34. The van der Waals surface area contributed by atoms with Crippen molar-refractivity contribution in [1.29, 1.82) is 10.5 Å². The maximum absolute atomic E-state index is 13.5. The molecule has 1 aliphatic heterocycles. The molecule has 2 aromatic carbocycles. The van der Waals surface area contributed by atoms with Gasteiger partial charge in [-0.2, -0.15) is 28.7 Å². The van der Waals surface area contributed by atoms with E-state index in [0.29, 0.717) is 16.8 Å². The molecule has 2 heterocycles. The van der Waals surface area contributed by atoms with E-state index in [-0.39, 0.29) is 41.4 Å². The number of halogens is 3. The first kappa shape index (κ1) is 25.5. The van der Waals surface area contributed by atoms with Crippen LogP contribution in [0.3, 0.4) is 0 Å². The summed E-state index contributed by atoms with van der Waals surface area (Å²) in [5, 5.41) is 26.4. The van der Waals surface area contributed by atoms with Gasteiger partial charge in [0.2, 0.25) is 11.9 Å². The molecule has 1 aliphatic rings. The third-order valence-electron chi connectivity index (χ3n) is 5.81. The maximum atomic E-state index is 13.5. The molecule has 0 aliphatic carbocycles. The van der Waals surface area contributed by atoms with Crippen LogP contribution < -0.4 is 10.2 Å². The molecule has 3 aromatic rings. The predicted molar refractivity (Wildman–Crippen MR) is 129 cm³/mol. The summed E-state index contributed by atoms with van der Waals surface area (Å²) in [6.07, 6.45) is -4.35. The minimum absolute atomic E-state index is 0.0386. The quantitative estimate of drug-likeness (QED) is 0.477. The van der Waals surface area contributed by atoms with Crippen molar-refractivity contribution in [2.75, 3.05) is 10.2 Å². The smallest absolute Gasteiger partial charge is 0.293 e. The van der Waals surface area contributed by atoms with Gasteiger partial charge in [-0.1, -0.05) is 32.0 Å².